The molecule has 7 nitrogen and oxygen atoms in total. The van der Waals surface area contributed by atoms with Crippen LogP contribution >= 0.6 is 0 Å². The quantitative estimate of drug-likeness (QED) is 0.482. The number of nitrogens with one attached hydrogen (secondary N) is 1. The van der Waals surface area contributed by atoms with Crippen LogP contribution in [0.3, 0.4) is 0 Å². The Labute approximate surface area is 165 Å². The van der Waals surface area contributed by atoms with E-state index in [4.69, 9.17) is 19.9 Å². The number of para-hydroxylation sites is 1. The topological polar surface area (TPSA) is 103 Å². The Morgan fingerprint density at radius 2 is 1.89 bits per heavy atom. The van der Waals surface area contributed by atoms with Gasteiger partial charge in [-0.3, -0.25) is 4.79 Å². The number of amides is 1. The largest absolute Gasteiger partial charge is 0.492 e. The van der Waals surface area contributed by atoms with Crippen molar-refractivity contribution in [1.82, 2.24) is 0 Å². The van der Waals surface area contributed by atoms with Crippen molar-refractivity contribution in [3.8, 4) is 11.5 Å². The summed E-state index contributed by atoms with van der Waals surface area (Å²) in [6.07, 6.45) is 0.183. The number of hydrogen-bond donors (Lipinski definition) is 3. The van der Waals surface area contributed by atoms with Crippen molar-refractivity contribution >= 4 is 11.6 Å². The van der Waals surface area contributed by atoms with Crippen LogP contribution in [0.1, 0.15) is 22.8 Å². The molecule has 1 unspecified atom stereocenters. The molecule has 0 aliphatic carbocycles. The van der Waals surface area contributed by atoms with Crippen LogP contribution < -0.4 is 20.5 Å². The maximum absolute atomic E-state index is 11.1. The van der Waals surface area contributed by atoms with E-state index in [1.54, 1.807) is 38.3 Å². The van der Waals surface area contributed by atoms with Gasteiger partial charge < -0.3 is 30.4 Å². The molecule has 0 heterocycles. The maximum Gasteiger partial charge on any atom is 0.248 e. The lowest BCUT2D eigenvalue weighted by Crippen LogP contribution is -2.17. The Balaban J connectivity index is 1.97. The van der Waals surface area contributed by atoms with Gasteiger partial charge in [-0.05, 0) is 49.2 Å². The summed E-state index contributed by atoms with van der Waals surface area (Å²) >= 11 is 0. The van der Waals surface area contributed by atoms with Gasteiger partial charge >= 0.3 is 0 Å². The average molecular weight is 388 g/mol. The Hall–Kier alpha value is -2.77. The lowest BCUT2D eigenvalue weighted by atomic mass is 10.1. The van der Waals surface area contributed by atoms with Crippen molar-refractivity contribution < 1.29 is 24.1 Å². The number of hydrogen-bond acceptors (Lipinski definition) is 6. The first kappa shape index (κ1) is 21.5. The Bertz CT molecular complexity index is 747. The number of benzene rings is 2. The lowest BCUT2D eigenvalue weighted by molar-refractivity contribution is 0.1000. The van der Waals surface area contributed by atoms with Crippen LogP contribution in [0.4, 0.5) is 5.69 Å². The molecule has 0 bridgehead atoms. The Kier molecular flexibility index (Phi) is 8.58. The van der Waals surface area contributed by atoms with Gasteiger partial charge in [0.1, 0.15) is 24.7 Å². The van der Waals surface area contributed by atoms with E-state index in [2.05, 4.69) is 5.32 Å². The van der Waals surface area contributed by atoms with Crippen molar-refractivity contribution in [1.29, 1.82) is 0 Å². The third-order valence-electron chi connectivity index (χ3n) is 3.98. The summed E-state index contributed by atoms with van der Waals surface area (Å²) in [5.41, 5.74) is 7.61. The highest BCUT2D eigenvalue weighted by Gasteiger charge is 2.10. The van der Waals surface area contributed by atoms with Gasteiger partial charge in [0, 0.05) is 19.2 Å². The number of carbonyl (C=O) groups is 1. The fourth-order valence-corrected chi connectivity index (χ4v) is 2.59. The van der Waals surface area contributed by atoms with Crippen LogP contribution in [-0.2, 0) is 11.2 Å². The van der Waals surface area contributed by atoms with Crippen LogP contribution in [0.5, 0.6) is 11.5 Å². The predicted octanol–water partition coefficient (Wildman–Crippen LogP) is 2.22. The number of primary amides is 1. The molecule has 2 rings (SSSR count). The summed E-state index contributed by atoms with van der Waals surface area (Å²) < 4.78 is 16.6. The number of carbonyl (C=O) groups excluding carboxylic acids is 1. The second kappa shape index (κ2) is 11.2. The number of ether oxygens (including phenoxy) is 3. The van der Waals surface area contributed by atoms with Crippen molar-refractivity contribution in [3.05, 3.63) is 53.6 Å². The monoisotopic (exact) mass is 388 g/mol. The molecular formula is C21H28N2O5. The van der Waals surface area contributed by atoms with Gasteiger partial charge in [-0.1, -0.05) is 12.1 Å². The molecule has 2 aromatic carbocycles. The first-order chi connectivity index (χ1) is 13.5. The fourth-order valence-electron chi connectivity index (χ4n) is 2.59. The molecule has 0 saturated heterocycles. The van der Waals surface area contributed by atoms with Gasteiger partial charge in [0.05, 0.1) is 18.4 Å². The van der Waals surface area contributed by atoms with E-state index in [1.165, 1.54) is 0 Å². The van der Waals surface area contributed by atoms with Gasteiger partial charge in [0.25, 0.3) is 0 Å². The van der Waals surface area contributed by atoms with Gasteiger partial charge in [-0.25, -0.2) is 0 Å². The molecule has 0 aromatic heterocycles. The summed E-state index contributed by atoms with van der Waals surface area (Å²) in [5, 5.41) is 12.8. The zero-order chi connectivity index (χ0) is 20.4. The second-order valence-corrected chi connectivity index (χ2v) is 6.36. The van der Waals surface area contributed by atoms with Gasteiger partial charge in [-0.15, -0.1) is 0 Å². The van der Waals surface area contributed by atoms with E-state index in [-0.39, 0.29) is 6.61 Å². The Morgan fingerprint density at radius 1 is 1.14 bits per heavy atom. The number of nitrogens with two attached hydrogens (primary N) is 1. The zero-order valence-electron chi connectivity index (χ0n) is 16.3. The highest BCUT2D eigenvalue weighted by atomic mass is 16.5. The van der Waals surface area contributed by atoms with Gasteiger partial charge in [0.15, 0.2) is 0 Å². The van der Waals surface area contributed by atoms with E-state index >= 15 is 0 Å². The fraction of sp³-hybridized carbons (Fsp3) is 0.381. The molecule has 2 aromatic rings. The van der Waals surface area contributed by atoms with Crippen LogP contribution in [0.25, 0.3) is 0 Å². The normalized spacial score (nSPS) is 11.7. The van der Waals surface area contributed by atoms with Crippen molar-refractivity contribution in [2.24, 2.45) is 5.73 Å². The number of aliphatic hydroxyl groups is 1. The zero-order valence-corrected chi connectivity index (χ0v) is 16.3. The first-order valence-electron chi connectivity index (χ1n) is 9.19. The van der Waals surface area contributed by atoms with E-state index in [0.717, 1.165) is 17.7 Å². The van der Waals surface area contributed by atoms with E-state index in [1.807, 2.05) is 18.2 Å². The molecule has 0 aliphatic rings. The minimum absolute atomic E-state index is 0.213. The smallest absolute Gasteiger partial charge is 0.248 e. The molecule has 4 N–H and O–H groups in total. The third kappa shape index (κ3) is 6.75. The molecule has 0 fully saturated rings. The van der Waals surface area contributed by atoms with E-state index in [0.29, 0.717) is 36.8 Å². The molecule has 1 atom stereocenters. The Morgan fingerprint density at radius 3 is 2.54 bits per heavy atom. The number of aliphatic hydroxyl groups excluding tert-OH is 1. The summed E-state index contributed by atoms with van der Waals surface area (Å²) in [7, 11) is 1.66. The minimum Gasteiger partial charge on any atom is -0.492 e. The molecule has 7 heteroatoms. The molecule has 0 radical (unpaired) electrons. The summed E-state index contributed by atoms with van der Waals surface area (Å²) in [4.78, 5) is 11.1. The molecule has 0 aliphatic heterocycles. The van der Waals surface area contributed by atoms with Crippen LogP contribution in [0.15, 0.2) is 42.5 Å². The summed E-state index contributed by atoms with van der Waals surface area (Å²) in [6, 6.07) is 12.5. The highest BCUT2D eigenvalue weighted by molar-refractivity contribution is 5.92. The maximum atomic E-state index is 11.1. The minimum atomic E-state index is -0.554. The van der Waals surface area contributed by atoms with Gasteiger partial charge in [0.2, 0.25) is 5.91 Å². The lowest BCUT2D eigenvalue weighted by Gasteiger charge is -2.18. The van der Waals surface area contributed by atoms with Crippen molar-refractivity contribution in [2.75, 3.05) is 38.8 Å². The van der Waals surface area contributed by atoms with Gasteiger partial charge in [-0.2, -0.15) is 0 Å². The summed E-state index contributed by atoms with van der Waals surface area (Å²) in [6.45, 7) is 3.46. The van der Waals surface area contributed by atoms with E-state index in [9.17, 15) is 9.90 Å². The number of anilines is 1. The molecule has 1 amide bonds. The van der Waals surface area contributed by atoms with Crippen molar-refractivity contribution in [3.63, 3.8) is 0 Å². The molecule has 152 valence electrons. The number of rotatable bonds is 12. The summed E-state index contributed by atoms with van der Waals surface area (Å²) in [5.74, 6) is 0.871. The highest BCUT2D eigenvalue weighted by Crippen LogP contribution is 2.29. The van der Waals surface area contributed by atoms with E-state index < -0.39 is 12.0 Å². The average Bonchev–Trinajstić information content (AvgIpc) is 2.69. The first-order valence-corrected chi connectivity index (χ1v) is 9.19. The van der Waals surface area contributed by atoms with Crippen LogP contribution in [0.2, 0.25) is 0 Å². The van der Waals surface area contributed by atoms with Crippen LogP contribution in [0, 0.1) is 0 Å². The van der Waals surface area contributed by atoms with Crippen LogP contribution in [-0.4, -0.2) is 50.6 Å². The molecule has 28 heavy (non-hydrogen) atoms. The SMILES string of the molecule is COCCc1cccc(OCC(C)O)c1NCCOc1ccc(C(N)=O)cc1. The second-order valence-electron chi connectivity index (χ2n) is 6.36. The predicted molar refractivity (Wildman–Crippen MR) is 108 cm³/mol. The standard InChI is InChI=1S/C21H28N2O5/c1-15(24)14-28-19-5-3-4-16(10-12-26-2)20(19)23-11-13-27-18-8-6-17(7-9-18)21(22)25/h3-9,15,23-24H,10-14H2,1-2H3,(H2,22,25). The number of methoxy groups -OCH3 is 1. The molecule has 0 saturated carbocycles. The molecular weight excluding hydrogens is 360 g/mol. The third-order valence-corrected chi connectivity index (χ3v) is 3.98. The van der Waals surface area contributed by atoms with Crippen molar-refractivity contribution in [2.45, 2.75) is 19.4 Å². The molecule has 0 spiro atoms.